The van der Waals surface area contributed by atoms with E-state index in [9.17, 15) is 0 Å². The van der Waals surface area contributed by atoms with E-state index in [1.165, 1.54) is 75.8 Å². The van der Waals surface area contributed by atoms with Gasteiger partial charge in [0.15, 0.2) is 0 Å². The fraction of sp³-hybridized carbons (Fsp3) is 0.0182. The lowest BCUT2D eigenvalue weighted by molar-refractivity contribution is 0.777. The van der Waals surface area contributed by atoms with Gasteiger partial charge in [0.25, 0.3) is 0 Å². The molecule has 11 rings (SSSR count). The second kappa shape index (κ2) is 13.6. The van der Waals surface area contributed by atoms with Crippen LogP contribution in [0.4, 0.5) is 17.1 Å². The Hall–Kier alpha value is -7.00. The third-order valence-corrected chi connectivity index (χ3v) is 12.9. The molecule has 0 amide bonds. The highest BCUT2D eigenvalue weighted by Gasteiger charge is 2.47. The zero-order valence-corrected chi connectivity index (χ0v) is 32.0. The van der Waals surface area contributed by atoms with Crippen molar-refractivity contribution >= 4 is 48.6 Å². The van der Waals surface area contributed by atoms with Crippen LogP contribution in [-0.2, 0) is 5.41 Å². The van der Waals surface area contributed by atoms with E-state index < -0.39 is 5.41 Å². The Morgan fingerprint density at radius 2 is 0.789 bits per heavy atom. The predicted molar refractivity (Wildman–Crippen MR) is 242 cm³/mol. The minimum Gasteiger partial charge on any atom is -0.310 e. The van der Waals surface area contributed by atoms with Crippen LogP contribution in [0.15, 0.2) is 224 Å². The number of thiophene rings is 1. The van der Waals surface area contributed by atoms with Crippen LogP contribution in [0.1, 0.15) is 22.3 Å². The smallest absolute Gasteiger partial charge is 0.0720 e. The molecule has 0 saturated carbocycles. The summed E-state index contributed by atoms with van der Waals surface area (Å²) in [6.07, 6.45) is 0. The quantitative estimate of drug-likeness (QED) is 0.157. The van der Waals surface area contributed by atoms with Crippen LogP contribution in [0.3, 0.4) is 0 Å². The summed E-state index contributed by atoms with van der Waals surface area (Å²) in [5.41, 5.74) is 15.6. The van der Waals surface area contributed by atoms with Crippen molar-refractivity contribution in [1.29, 1.82) is 0 Å². The van der Waals surface area contributed by atoms with Crippen LogP contribution >= 0.6 is 11.3 Å². The molecule has 0 N–H and O–H groups in total. The molecule has 2 heteroatoms. The number of rotatable bonds is 7. The van der Waals surface area contributed by atoms with E-state index in [1.807, 2.05) is 11.3 Å². The lowest BCUT2D eigenvalue weighted by Crippen LogP contribution is -2.28. The van der Waals surface area contributed by atoms with Gasteiger partial charge in [-0.2, -0.15) is 0 Å². The summed E-state index contributed by atoms with van der Waals surface area (Å²) in [7, 11) is 0. The first-order valence-corrected chi connectivity index (χ1v) is 20.4. The van der Waals surface area contributed by atoms with Gasteiger partial charge in [-0.05, 0) is 104 Å². The van der Waals surface area contributed by atoms with Crippen molar-refractivity contribution < 1.29 is 0 Å². The molecule has 0 spiro atoms. The molecule has 0 atom stereocenters. The van der Waals surface area contributed by atoms with Crippen molar-refractivity contribution in [3.8, 4) is 33.4 Å². The molecule has 0 saturated heterocycles. The molecule has 57 heavy (non-hydrogen) atoms. The Kier molecular flexibility index (Phi) is 7.98. The first-order valence-electron chi connectivity index (χ1n) is 19.6. The van der Waals surface area contributed by atoms with Crippen molar-refractivity contribution in [1.82, 2.24) is 0 Å². The van der Waals surface area contributed by atoms with Crippen molar-refractivity contribution in [3.05, 3.63) is 247 Å². The minimum atomic E-state index is -0.488. The van der Waals surface area contributed by atoms with Crippen molar-refractivity contribution in [2.75, 3.05) is 4.90 Å². The lowest BCUT2D eigenvalue weighted by atomic mass is 9.66. The lowest BCUT2D eigenvalue weighted by Gasteiger charge is -2.34. The first kappa shape index (κ1) is 33.3. The van der Waals surface area contributed by atoms with Crippen molar-refractivity contribution in [3.63, 3.8) is 0 Å². The third kappa shape index (κ3) is 5.37. The standard InChI is InChI=1S/C55H37NS/c1-4-15-38(16-5-1)40-27-31-43(32-28-40)56(44-33-29-41(30-34-44)39-17-6-2-7-18-39)45-35-36-52-48(37-45)54-51(25-14-26-53(54)57-52)55(42-19-8-3-9-20-42)49-23-12-10-21-46(49)47-22-11-13-24-50(47)55/h1-37H. The van der Waals surface area contributed by atoms with Gasteiger partial charge in [0.2, 0.25) is 0 Å². The summed E-state index contributed by atoms with van der Waals surface area (Å²) >= 11 is 1.88. The molecular weight excluding hydrogens is 707 g/mol. The molecule has 0 bridgehead atoms. The number of nitrogens with zero attached hydrogens (tertiary/aromatic N) is 1. The number of benzene rings is 9. The van der Waals surface area contributed by atoms with Gasteiger partial charge in [-0.25, -0.2) is 0 Å². The van der Waals surface area contributed by atoms with Gasteiger partial charge in [-0.3, -0.25) is 0 Å². The monoisotopic (exact) mass is 743 g/mol. The molecule has 1 heterocycles. The average Bonchev–Trinajstić information content (AvgIpc) is 3.82. The summed E-state index contributed by atoms with van der Waals surface area (Å²) in [6, 6.07) is 82.4. The maximum absolute atomic E-state index is 2.43. The van der Waals surface area contributed by atoms with E-state index in [1.54, 1.807) is 0 Å². The van der Waals surface area contributed by atoms with Crippen LogP contribution in [0.2, 0.25) is 0 Å². The molecule has 0 unspecified atom stereocenters. The second-order valence-corrected chi connectivity index (χ2v) is 15.9. The van der Waals surface area contributed by atoms with E-state index in [0.717, 1.165) is 17.1 Å². The maximum Gasteiger partial charge on any atom is 0.0720 e. The van der Waals surface area contributed by atoms with Crippen LogP contribution in [0, 0.1) is 0 Å². The molecule has 9 aromatic carbocycles. The van der Waals surface area contributed by atoms with Gasteiger partial charge in [0.05, 0.1) is 5.41 Å². The van der Waals surface area contributed by atoms with E-state index in [2.05, 4.69) is 229 Å². The summed E-state index contributed by atoms with van der Waals surface area (Å²) in [5.74, 6) is 0. The van der Waals surface area contributed by atoms with Gasteiger partial charge in [-0.15, -0.1) is 11.3 Å². The SMILES string of the molecule is c1ccc(-c2ccc(N(c3ccc(-c4ccccc4)cc3)c3ccc4sc5cccc(C6(c7ccccc7)c7ccccc7-c7ccccc76)c5c4c3)cc2)cc1. The topological polar surface area (TPSA) is 3.24 Å². The Labute approximate surface area is 337 Å². The highest BCUT2D eigenvalue weighted by atomic mass is 32.1. The Morgan fingerprint density at radius 1 is 0.333 bits per heavy atom. The Morgan fingerprint density at radius 3 is 1.35 bits per heavy atom. The molecule has 1 nitrogen and oxygen atoms in total. The molecular formula is C55H37NS. The Balaban J connectivity index is 1.14. The summed E-state index contributed by atoms with van der Waals surface area (Å²) in [5, 5.41) is 2.58. The van der Waals surface area contributed by atoms with Gasteiger partial charge in [0.1, 0.15) is 0 Å². The predicted octanol–water partition coefficient (Wildman–Crippen LogP) is 15.2. The normalized spacial score (nSPS) is 12.7. The first-order chi connectivity index (χ1) is 28.3. The highest BCUT2D eigenvalue weighted by Crippen LogP contribution is 2.58. The fourth-order valence-corrected chi connectivity index (χ4v) is 10.4. The zero-order valence-electron chi connectivity index (χ0n) is 31.2. The fourth-order valence-electron chi connectivity index (χ4n) is 9.26. The highest BCUT2D eigenvalue weighted by molar-refractivity contribution is 7.25. The largest absolute Gasteiger partial charge is 0.310 e. The molecule has 0 radical (unpaired) electrons. The van der Waals surface area contributed by atoms with E-state index in [4.69, 9.17) is 0 Å². The number of anilines is 3. The molecule has 268 valence electrons. The van der Waals surface area contributed by atoms with Crippen LogP contribution < -0.4 is 4.90 Å². The van der Waals surface area contributed by atoms with E-state index in [0.29, 0.717) is 0 Å². The second-order valence-electron chi connectivity index (χ2n) is 14.8. The number of fused-ring (bicyclic) bond motifs is 6. The summed E-state index contributed by atoms with van der Waals surface area (Å²) in [6.45, 7) is 0. The Bertz CT molecular complexity index is 2910. The molecule has 10 aromatic rings. The van der Waals surface area contributed by atoms with Crippen LogP contribution in [0.5, 0.6) is 0 Å². The van der Waals surface area contributed by atoms with Crippen LogP contribution in [-0.4, -0.2) is 0 Å². The van der Waals surface area contributed by atoms with Gasteiger partial charge >= 0.3 is 0 Å². The van der Waals surface area contributed by atoms with Crippen LogP contribution in [0.25, 0.3) is 53.6 Å². The van der Waals surface area contributed by atoms with E-state index in [-0.39, 0.29) is 0 Å². The molecule has 0 fully saturated rings. The van der Waals surface area contributed by atoms with Crippen molar-refractivity contribution in [2.24, 2.45) is 0 Å². The number of hydrogen-bond donors (Lipinski definition) is 0. The van der Waals surface area contributed by atoms with E-state index >= 15 is 0 Å². The molecule has 1 aromatic heterocycles. The summed E-state index contributed by atoms with van der Waals surface area (Å²) in [4.78, 5) is 2.40. The van der Waals surface area contributed by atoms with Gasteiger partial charge in [0, 0.05) is 37.2 Å². The third-order valence-electron chi connectivity index (χ3n) is 11.8. The zero-order chi connectivity index (χ0) is 37.8. The van der Waals surface area contributed by atoms with Gasteiger partial charge in [-0.1, -0.05) is 176 Å². The molecule has 1 aliphatic carbocycles. The number of hydrogen-bond acceptors (Lipinski definition) is 2. The molecule has 0 aliphatic heterocycles. The average molecular weight is 744 g/mol. The minimum absolute atomic E-state index is 0.488. The molecule has 1 aliphatic rings. The maximum atomic E-state index is 2.43. The summed E-state index contributed by atoms with van der Waals surface area (Å²) < 4.78 is 2.57. The van der Waals surface area contributed by atoms with Gasteiger partial charge < -0.3 is 4.90 Å². The van der Waals surface area contributed by atoms with Crippen molar-refractivity contribution in [2.45, 2.75) is 5.41 Å².